The second-order valence-electron chi connectivity index (χ2n) is 12.1. The van der Waals surface area contributed by atoms with E-state index in [4.69, 9.17) is 21.1 Å². The number of carbonyl (C=O) groups is 3. The van der Waals surface area contributed by atoms with Gasteiger partial charge in [-0.1, -0.05) is 31.2 Å². The molecule has 1 unspecified atom stereocenters. The highest BCUT2D eigenvalue weighted by Crippen LogP contribution is 2.34. The highest BCUT2D eigenvalue weighted by molar-refractivity contribution is 6.30. The maximum atomic E-state index is 14.5. The molecule has 2 aromatic rings. The molecule has 0 spiro atoms. The average molecular weight is 626 g/mol. The lowest BCUT2D eigenvalue weighted by atomic mass is 9.89. The molecule has 1 saturated heterocycles. The number of hydrogen-bond acceptors (Lipinski definition) is 5. The Morgan fingerprint density at radius 3 is 2.41 bits per heavy atom. The third kappa shape index (κ3) is 8.00. The van der Waals surface area contributed by atoms with Crippen molar-refractivity contribution in [1.29, 1.82) is 0 Å². The molecule has 44 heavy (non-hydrogen) atoms. The van der Waals surface area contributed by atoms with Crippen LogP contribution >= 0.6 is 11.6 Å². The number of nitrogens with zero attached hydrogens (tertiary/aromatic N) is 3. The topological polar surface area (TPSA) is 79.4 Å². The van der Waals surface area contributed by atoms with Crippen molar-refractivity contribution in [2.75, 3.05) is 30.4 Å². The van der Waals surface area contributed by atoms with Crippen LogP contribution in [0.1, 0.15) is 46.1 Å². The molecule has 0 aromatic heterocycles. The molecule has 3 amide bonds. The molecule has 1 aliphatic heterocycles. The standard InChI is InChI=1S/C34H41ClFN3O5/c1-6-26-22-37(18-19-38(26)33(42)44-34(3,4)5)32(41)31(24-12-14-25(36)15-13-24)39(30(40)21-35)29-17-16-28(20-23(29)2)43-27-10-8-7-9-11-27/h7-12,14-17,20,24,26,31H,6,13,18-19,21-22H2,1-5H3/t24?,26-,31+/m0/s1. The summed E-state index contributed by atoms with van der Waals surface area (Å²) < 4.78 is 25.7. The van der Waals surface area contributed by atoms with E-state index in [1.165, 1.54) is 17.1 Å². The van der Waals surface area contributed by atoms with Crippen LogP contribution < -0.4 is 9.64 Å². The molecule has 1 aliphatic carbocycles. The number of anilines is 1. The van der Waals surface area contributed by atoms with E-state index >= 15 is 0 Å². The summed E-state index contributed by atoms with van der Waals surface area (Å²) in [5.74, 6) is -0.747. The fourth-order valence-electron chi connectivity index (χ4n) is 5.57. The van der Waals surface area contributed by atoms with Crippen LogP contribution in [0.5, 0.6) is 11.5 Å². The van der Waals surface area contributed by atoms with Crippen LogP contribution in [0.2, 0.25) is 0 Å². The number of allylic oxidation sites excluding steroid dienone is 3. The second kappa shape index (κ2) is 14.3. The zero-order valence-electron chi connectivity index (χ0n) is 26.0. The Hall–Kier alpha value is -3.85. The molecule has 1 fully saturated rings. The van der Waals surface area contributed by atoms with Crippen molar-refractivity contribution >= 4 is 35.2 Å². The van der Waals surface area contributed by atoms with Crippen LogP contribution in [0.15, 0.2) is 72.6 Å². The number of ether oxygens (including phenoxy) is 2. The Morgan fingerprint density at radius 2 is 1.82 bits per heavy atom. The molecular formula is C34H41ClFN3O5. The summed E-state index contributed by atoms with van der Waals surface area (Å²) in [6.45, 7) is 10.1. The molecule has 0 saturated carbocycles. The van der Waals surface area contributed by atoms with E-state index in [0.717, 1.165) is 0 Å². The zero-order chi connectivity index (χ0) is 32.0. The van der Waals surface area contributed by atoms with Crippen molar-refractivity contribution in [1.82, 2.24) is 9.80 Å². The van der Waals surface area contributed by atoms with Crippen molar-refractivity contribution in [3.63, 3.8) is 0 Å². The lowest BCUT2D eigenvalue weighted by Crippen LogP contribution is -2.62. The van der Waals surface area contributed by atoms with Gasteiger partial charge in [-0.15, -0.1) is 11.6 Å². The van der Waals surface area contributed by atoms with Crippen molar-refractivity contribution in [3.8, 4) is 11.5 Å². The first-order valence-electron chi connectivity index (χ1n) is 15.0. The predicted octanol–water partition coefficient (Wildman–Crippen LogP) is 7.02. The van der Waals surface area contributed by atoms with Gasteiger partial charge in [-0.2, -0.15) is 0 Å². The van der Waals surface area contributed by atoms with Gasteiger partial charge < -0.3 is 19.3 Å². The van der Waals surface area contributed by atoms with Crippen LogP contribution in [0.4, 0.5) is 14.9 Å². The van der Waals surface area contributed by atoms with E-state index in [2.05, 4.69) is 0 Å². The summed E-state index contributed by atoms with van der Waals surface area (Å²) >= 11 is 6.15. The molecule has 10 heteroatoms. The van der Waals surface area contributed by atoms with Crippen molar-refractivity contribution < 1.29 is 28.2 Å². The Labute approximate surface area is 264 Å². The van der Waals surface area contributed by atoms with Crippen LogP contribution in [-0.4, -0.2) is 70.9 Å². The summed E-state index contributed by atoms with van der Waals surface area (Å²) in [5, 5.41) is 0. The fraction of sp³-hybridized carbons (Fsp3) is 0.441. The van der Waals surface area contributed by atoms with Gasteiger partial charge in [-0.3, -0.25) is 14.5 Å². The highest BCUT2D eigenvalue weighted by Gasteiger charge is 2.42. The smallest absolute Gasteiger partial charge is 0.410 e. The number of halogens is 2. The van der Waals surface area contributed by atoms with E-state index in [1.807, 2.05) is 65.0 Å². The van der Waals surface area contributed by atoms with E-state index < -0.39 is 35.4 Å². The quantitative estimate of drug-likeness (QED) is 0.295. The molecule has 2 aromatic carbocycles. The zero-order valence-corrected chi connectivity index (χ0v) is 26.7. The van der Waals surface area contributed by atoms with Crippen molar-refractivity contribution in [2.45, 2.75) is 65.1 Å². The molecule has 1 heterocycles. The second-order valence-corrected chi connectivity index (χ2v) is 12.3. The monoisotopic (exact) mass is 625 g/mol. The summed E-state index contributed by atoms with van der Waals surface area (Å²) in [4.78, 5) is 45.8. The highest BCUT2D eigenvalue weighted by atomic mass is 35.5. The van der Waals surface area contributed by atoms with Gasteiger partial charge in [0.15, 0.2) is 0 Å². The summed E-state index contributed by atoms with van der Waals surface area (Å²) in [6, 6.07) is 13.4. The Kier molecular flexibility index (Phi) is 10.7. The van der Waals surface area contributed by atoms with Gasteiger partial charge >= 0.3 is 6.09 Å². The molecule has 0 N–H and O–H groups in total. The van der Waals surface area contributed by atoms with Crippen LogP contribution in [-0.2, 0) is 14.3 Å². The number of rotatable bonds is 8. The van der Waals surface area contributed by atoms with Crippen LogP contribution in [0.25, 0.3) is 0 Å². The maximum Gasteiger partial charge on any atom is 0.410 e. The molecule has 4 rings (SSSR count). The van der Waals surface area contributed by atoms with Crippen LogP contribution in [0, 0.1) is 12.8 Å². The summed E-state index contributed by atoms with van der Waals surface area (Å²) in [6.07, 6.45) is 4.81. The molecule has 3 atom stereocenters. The molecule has 0 radical (unpaired) electrons. The molecule has 8 nitrogen and oxygen atoms in total. The number of aryl methyl sites for hydroxylation is 1. The normalized spacial score (nSPS) is 19.2. The third-order valence-electron chi connectivity index (χ3n) is 7.71. The Morgan fingerprint density at radius 1 is 1.09 bits per heavy atom. The lowest BCUT2D eigenvalue weighted by molar-refractivity contribution is -0.138. The Balaban J connectivity index is 1.67. The number of piperazine rings is 1. The number of amides is 3. The van der Waals surface area contributed by atoms with Gasteiger partial charge in [-0.25, -0.2) is 9.18 Å². The first-order chi connectivity index (χ1) is 20.9. The Bertz CT molecular complexity index is 1410. The maximum absolute atomic E-state index is 14.5. The average Bonchev–Trinajstić information content (AvgIpc) is 2.99. The minimum absolute atomic E-state index is 0.230. The van der Waals surface area contributed by atoms with E-state index in [-0.39, 0.29) is 43.9 Å². The first-order valence-corrected chi connectivity index (χ1v) is 15.5. The van der Waals surface area contributed by atoms with E-state index in [0.29, 0.717) is 29.2 Å². The molecule has 0 bridgehead atoms. The molecule has 236 valence electrons. The minimum atomic E-state index is -0.993. The molecule has 2 aliphatic rings. The number of carbonyl (C=O) groups excluding carboxylic acids is 3. The van der Waals surface area contributed by atoms with Crippen molar-refractivity contribution in [3.05, 3.63) is 78.1 Å². The number of benzene rings is 2. The van der Waals surface area contributed by atoms with Gasteiger partial charge in [0.1, 0.15) is 34.8 Å². The molecular weight excluding hydrogens is 585 g/mol. The third-order valence-corrected chi connectivity index (χ3v) is 7.94. The largest absolute Gasteiger partial charge is 0.457 e. The number of hydrogen-bond donors (Lipinski definition) is 0. The predicted molar refractivity (Wildman–Crippen MR) is 170 cm³/mol. The van der Waals surface area contributed by atoms with Crippen molar-refractivity contribution in [2.24, 2.45) is 5.92 Å². The van der Waals surface area contributed by atoms with Gasteiger partial charge in [0, 0.05) is 31.2 Å². The summed E-state index contributed by atoms with van der Waals surface area (Å²) in [7, 11) is 0. The van der Waals surface area contributed by atoms with E-state index in [1.54, 1.807) is 34.1 Å². The van der Waals surface area contributed by atoms with E-state index in [9.17, 15) is 18.8 Å². The van der Waals surface area contributed by atoms with Gasteiger partial charge in [0.25, 0.3) is 0 Å². The number of alkyl halides is 1. The van der Waals surface area contributed by atoms with Gasteiger partial charge in [-0.05, 0) is 88.6 Å². The number of para-hydroxylation sites is 1. The van der Waals surface area contributed by atoms with Gasteiger partial charge in [0.05, 0.1) is 6.04 Å². The fourth-order valence-corrected chi connectivity index (χ4v) is 5.70. The SMILES string of the molecule is CC[C@H]1CN(C(=O)[C@@H](C2C=CC(F)=CC2)N(C(=O)CCl)c2ccc(Oc3ccccc3)cc2C)CCN1C(=O)OC(C)(C)C. The minimum Gasteiger partial charge on any atom is -0.457 e. The first kappa shape index (κ1) is 33.1. The van der Waals surface area contributed by atoms with Gasteiger partial charge in [0.2, 0.25) is 11.8 Å². The van der Waals surface area contributed by atoms with Crippen LogP contribution in [0.3, 0.4) is 0 Å². The lowest BCUT2D eigenvalue weighted by Gasteiger charge is -2.44. The summed E-state index contributed by atoms with van der Waals surface area (Å²) in [5.41, 5.74) is 0.570.